The molecule has 2 N–H and O–H groups in total. The van der Waals surface area contributed by atoms with Gasteiger partial charge >= 0.3 is 0 Å². The Hall–Kier alpha value is -1.56. The first-order valence-corrected chi connectivity index (χ1v) is 7.60. The van der Waals surface area contributed by atoms with Crippen LogP contribution in [0.1, 0.15) is 22.8 Å². The number of aryl methyl sites for hydroxylation is 1. The summed E-state index contributed by atoms with van der Waals surface area (Å²) in [7, 11) is 0. The van der Waals surface area contributed by atoms with Gasteiger partial charge in [-0.15, -0.1) is 0 Å². The monoisotopic (exact) mass is 380 g/mol. The fraction of sp³-hybridized carbons (Fsp3) is 0.188. The minimum Gasteiger partial charge on any atom is -0.385 e. The van der Waals surface area contributed by atoms with E-state index < -0.39 is 0 Å². The normalized spacial score (nSPS) is 10.2. The third-order valence-corrected chi connectivity index (χ3v) is 4.13. The van der Waals surface area contributed by atoms with Crippen molar-refractivity contribution in [3.05, 3.63) is 57.2 Å². The number of anilines is 2. The molecular formula is C16H17IN2O. The molecule has 0 saturated heterocycles. The van der Waals surface area contributed by atoms with Crippen LogP contribution in [0.3, 0.4) is 0 Å². The van der Waals surface area contributed by atoms with Gasteiger partial charge in [-0.1, -0.05) is 18.2 Å². The molecule has 0 fully saturated rings. The topological polar surface area (TPSA) is 41.1 Å². The van der Waals surface area contributed by atoms with Gasteiger partial charge in [0.25, 0.3) is 5.91 Å². The van der Waals surface area contributed by atoms with Gasteiger partial charge in [0, 0.05) is 21.5 Å². The lowest BCUT2D eigenvalue weighted by Gasteiger charge is -2.11. The molecule has 0 radical (unpaired) electrons. The van der Waals surface area contributed by atoms with Crippen molar-refractivity contribution in [1.29, 1.82) is 0 Å². The number of nitrogens with one attached hydrogen (secondary N) is 2. The molecule has 104 valence electrons. The van der Waals surface area contributed by atoms with Crippen LogP contribution in [0.2, 0.25) is 0 Å². The first kappa shape index (κ1) is 14.8. The number of benzene rings is 2. The smallest absolute Gasteiger partial charge is 0.257 e. The SMILES string of the molecule is CCNc1ccccc1C(=O)Nc1ccc(C)c(I)c1. The number of carbonyl (C=O) groups excluding carboxylic acids is 1. The van der Waals surface area contributed by atoms with E-state index in [1.165, 1.54) is 5.56 Å². The number of rotatable bonds is 4. The number of hydrogen-bond acceptors (Lipinski definition) is 2. The molecular weight excluding hydrogens is 363 g/mol. The van der Waals surface area contributed by atoms with Crippen molar-refractivity contribution >= 4 is 39.9 Å². The average Bonchev–Trinajstić information content (AvgIpc) is 2.44. The molecule has 0 atom stereocenters. The summed E-state index contributed by atoms with van der Waals surface area (Å²) in [5.41, 5.74) is 3.53. The molecule has 0 heterocycles. The molecule has 2 aromatic rings. The third-order valence-electron chi connectivity index (χ3n) is 2.97. The first-order valence-electron chi connectivity index (χ1n) is 6.52. The summed E-state index contributed by atoms with van der Waals surface area (Å²) in [5, 5.41) is 6.14. The van der Waals surface area contributed by atoms with Gasteiger partial charge in [-0.3, -0.25) is 4.79 Å². The Morgan fingerprint density at radius 2 is 1.95 bits per heavy atom. The zero-order valence-corrected chi connectivity index (χ0v) is 13.7. The highest BCUT2D eigenvalue weighted by atomic mass is 127. The second kappa shape index (κ2) is 6.74. The zero-order chi connectivity index (χ0) is 14.5. The maximum absolute atomic E-state index is 12.4. The summed E-state index contributed by atoms with van der Waals surface area (Å²) in [6.07, 6.45) is 0. The van der Waals surface area contributed by atoms with Gasteiger partial charge in [0.2, 0.25) is 0 Å². The molecule has 0 saturated carbocycles. The maximum Gasteiger partial charge on any atom is 0.257 e. The van der Waals surface area contributed by atoms with E-state index in [4.69, 9.17) is 0 Å². The molecule has 4 heteroatoms. The van der Waals surface area contributed by atoms with E-state index >= 15 is 0 Å². The van der Waals surface area contributed by atoms with Gasteiger partial charge in [0.1, 0.15) is 0 Å². The van der Waals surface area contributed by atoms with Crippen LogP contribution in [0.25, 0.3) is 0 Å². The number of para-hydroxylation sites is 1. The Labute approximate surface area is 132 Å². The molecule has 2 aromatic carbocycles. The van der Waals surface area contributed by atoms with E-state index in [1.54, 1.807) is 0 Å². The molecule has 0 aromatic heterocycles. The van der Waals surface area contributed by atoms with Crippen molar-refractivity contribution in [3.8, 4) is 0 Å². The minimum absolute atomic E-state index is 0.0961. The Bertz CT molecular complexity index is 626. The van der Waals surface area contributed by atoms with Crippen molar-refractivity contribution in [2.24, 2.45) is 0 Å². The summed E-state index contributed by atoms with van der Waals surface area (Å²) >= 11 is 2.27. The fourth-order valence-electron chi connectivity index (χ4n) is 1.89. The van der Waals surface area contributed by atoms with Crippen LogP contribution in [0, 0.1) is 10.5 Å². The summed E-state index contributed by atoms with van der Waals surface area (Å²) in [4.78, 5) is 12.4. The summed E-state index contributed by atoms with van der Waals surface area (Å²) in [6.45, 7) is 4.84. The van der Waals surface area contributed by atoms with Gasteiger partial charge in [0.05, 0.1) is 5.56 Å². The minimum atomic E-state index is -0.0961. The number of amides is 1. The van der Waals surface area contributed by atoms with E-state index in [2.05, 4.69) is 33.2 Å². The molecule has 1 amide bonds. The second-order valence-electron chi connectivity index (χ2n) is 4.49. The number of hydrogen-bond donors (Lipinski definition) is 2. The van der Waals surface area contributed by atoms with E-state index in [9.17, 15) is 4.79 Å². The molecule has 3 nitrogen and oxygen atoms in total. The van der Waals surface area contributed by atoms with E-state index in [-0.39, 0.29) is 5.91 Å². The van der Waals surface area contributed by atoms with Crippen LogP contribution in [-0.2, 0) is 0 Å². The van der Waals surface area contributed by atoms with Crippen LogP contribution < -0.4 is 10.6 Å². The molecule has 20 heavy (non-hydrogen) atoms. The van der Waals surface area contributed by atoms with E-state index in [1.807, 2.05) is 56.3 Å². The fourth-order valence-corrected chi connectivity index (χ4v) is 2.41. The van der Waals surface area contributed by atoms with Crippen LogP contribution in [0.15, 0.2) is 42.5 Å². The maximum atomic E-state index is 12.4. The summed E-state index contributed by atoms with van der Waals surface area (Å²) < 4.78 is 1.14. The van der Waals surface area contributed by atoms with Crippen LogP contribution in [0.5, 0.6) is 0 Å². The quantitative estimate of drug-likeness (QED) is 0.778. The third kappa shape index (κ3) is 3.50. The lowest BCUT2D eigenvalue weighted by Crippen LogP contribution is -2.14. The number of halogens is 1. The molecule has 0 aliphatic heterocycles. The standard InChI is InChI=1S/C16H17IN2O/c1-3-18-15-7-5-4-6-13(15)16(20)19-12-9-8-11(2)14(17)10-12/h4-10,18H,3H2,1-2H3,(H,19,20). The lowest BCUT2D eigenvalue weighted by molar-refractivity contribution is 0.102. The first-order chi connectivity index (χ1) is 9.61. The highest BCUT2D eigenvalue weighted by Crippen LogP contribution is 2.20. The van der Waals surface area contributed by atoms with Crippen molar-refractivity contribution in [2.45, 2.75) is 13.8 Å². The zero-order valence-electron chi connectivity index (χ0n) is 11.5. The molecule has 0 bridgehead atoms. The molecule has 0 unspecified atom stereocenters. The van der Waals surface area contributed by atoms with Gasteiger partial charge in [0.15, 0.2) is 0 Å². The molecule has 0 aliphatic rings. The van der Waals surface area contributed by atoms with Gasteiger partial charge in [-0.2, -0.15) is 0 Å². The summed E-state index contributed by atoms with van der Waals surface area (Å²) in [5.74, 6) is -0.0961. The Morgan fingerprint density at radius 3 is 2.65 bits per heavy atom. The second-order valence-corrected chi connectivity index (χ2v) is 5.66. The highest BCUT2D eigenvalue weighted by Gasteiger charge is 2.11. The predicted molar refractivity (Wildman–Crippen MR) is 92.5 cm³/mol. The van der Waals surface area contributed by atoms with Crippen LogP contribution >= 0.6 is 22.6 Å². The Morgan fingerprint density at radius 1 is 1.20 bits per heavy atom. The van der Waals surface area contributed by atoms with Crippen molar-refractivity contribution in [1.82, 2.24) is 0 Å². The lowest BCUT2D eigenvalue weighted by atomic mass is 10.1. The van der Waals surface area contributed by atoms with Gasteiger partial charge in [-0.05, 0) is 66.3 Å². The van der Waals surface area contributed by atoms with Crippen LogP contribution in [0.4, 0.5) is 11.4 Å². The molecule has 0 spiro atoms. The Kier molecular flexibility index (Phi) is 5.00. The van der Waals surface area contributed by atoms with Crippen LogP contribution in [-0.4, -0.2) is 12.5 Å². The van der Waals surface area contributed by atoms with Crippen molar-refractivity contribution < 1.29 is 4.79 Å². The van der Waals surface area contributed by atoms with Gasteiger partial charge < -0.3 is 10.6 Å². The van der Waals surface area contributed by atoms with Crippen molar-refractivity contribution in [2.75, 3.05) is 17.2 Å². The summed E-state index contributed by atoms with van der Waals surface area (Å²) in [6, 6.07) is 13.4. The Balaban J connectivity index is 2.21. The van der Waals surface area contributed by atoms with Crippen molar-refractivity contribution in [3.63, 3.8) is 0 Å². The van der Waals surface area contributed by atoms with Gasteiger partial charge in [-0.25, -0.2) is 0 Å². The largest absolute Gasteiger partial charge is 0.385 e. The van der Waals surface area contributed by atoms with E-state index in [0.29, 0.717) is 5.56 Å². The molecule has 2 rings (SSSR count). The molecule has 0 aliphatic carbocycles. The van der Waals surface area contributed by atoms with E-state index in [0.717, 1.165) is 21.5 Å². The predicted octanol–water partition coefficient (Wildman–Crippen LogP) is 4.28. The average molecular weight is 380 g/mol. The number of carbonyl (C=O) groups is 1. The highest BCUT2D eigenvalue weighted by molar-refractivity contribution is 14.1.